The monoisotopic (exact) mass is 759 g/mol. The quantitative estimate of drug-likeness (QED) is 0.0218. The molecule has 0 aromatic rings. The van der Waals surface area contributed by atoms with Crippen LogP contribution < -0.4 is 0 Å². The Bertz CT molecular complexity index is 949. The third-order valence-corrected chi connectivity index (χ3v) is 9.94. The Morgan fingerprint density at radius 1 is 0.577 bits per heavy atom. The van der Waals surface area contributed by atoms with E-state index in [0.717, 1.165) is 57.8 Å². The number of allylic oxidation sites excluding steroid dienone is 4. The molecule has 0 aromatic carbocycles. The zero-order valence-corrected chi connectivity index (χ0v) is 35.2. The number of phosphoric acid groups is 1. The molecule has 1 N–H and O–H groups in total. The SMILES string of the molecule is CCCCCC/C=C\CCCCCCCC(=O)O[C@H](COC(=O)CCCCCCCCC/C=C/CCCCCC)COP(=O)(O)OCC[N+](C)(C)C. The Morgan fingerprint density at radius 2 is 0.981 bits per heavy atom. The molecular weight excluding hydrogens is 677 g/mol. The van der Waals surface area contributed by atoms with E-state index in [-0.39, 0.29) is 32.0 Å². The second-order valence-corrected chi connectivity index (χ2v) is 16.8. The van der Waals surface area contributed by atoms with Gasteiger partial charge in [0.2, 0.25) is 0 Å². The van der Waals surface area contributed by atoms with E-state index in [9.17, 15) is 19.0 Å². The van der Waals surface area contributed by atoms with E-state index >= 15 is 0 Å². The van der Waals surface area contributed by atoms with E-state index in [1.165, 1.54) is 89.9 Å². The van der Waals surface area contributed by atoms with Crippen LogP contribution in [0.3, 0.4) is 0 Å². The summed E-state index contributed by atoms with van der Waals surface area (Å²) in [5.41, 5.74) is 0. The number of nitrogens with zero attached hydrogens (tertiary/aromatic N) is 1. The maximum atomic E-state index is 12.6. The van der Waals surface area contributed by atoms with Gasteiger partial charge in [-0.25, -0.2) is 4.57 Å². The molecule has 52 heavy (non-hydrogen) atoms. The highest BCUT2D eigenvalue weighted by Crippen LogP contribution is 2.43. The lowest BCUT2D eigenvalue weighted by molar-refractivity contribution is -0.870. The summed E-state index contributed by atoms with van der Waals surface area (Å²) in [5.74, 6) is -0.812. The standard InChI is InChI=1S/C42H80NO8P/c1-6-8-10-12-14-16-18-20-21-23-24-26-28-30-32-34-41(44)48-38-40(39-50-52(46,47)49-37-36-43(3,4)5)51-42(45)35-33-31-29-27-25-22-19-17-15-13-11-9-7-2/h16-19,40H,6-15,20-39H2,1-5H3/p+1/b18-16+,19-17-/t40-/m1/s1. The number of phosphoric ester groups is 1. The first-order valence-corrected chi connectivity index (χ1v) is 22.6. The van der Waals surface area contributed by atoms with Crippen molar-refractivity contribution in [3.8, 4) is 0 Å². The van der Waals surface area contributed by atoms with Crippen LogP contribution in [0.15, 0.2) is 24.3 Å². The van der Waals surface area contributed by atoms with Crippen LogP contribution in [0.1, 0.15) is 181 Å². The summed E-state index contributed by atoms with van der Waals surface area (Å²) in [7, 11) is 1.47. The minimum Gasteiger partial charge on any atom is -0.462 e. The van der Waals surface area contributed by atoms with Crippen molar-refractivity contribution in [3.05, 3.63) is 24.3 Å². The van der Waals surface area contributed by atoms with Gasteiger partial charge in [0.05, 0.1) is 27.7 Å². The number of carbonyl (C=O) groups excluding carboxylic acids is 2. The lowest BCUT2D eigenvalue weighted by Gasteiger charge is -2.24. The van der Waals surface area contributed by atoms with E-state index in [1.54, 1.807) is 0 Å². The Balaban J connectivity index is 4.39. The van der Waals surface area contributed by atoms with Crippen molar-refractivity contribution >= 4 is 19.8 Å². The molecular formula is C42H81NO8P+. The Kier molecular flexibility index (Phi) is 34.2. The van der Waals surface area contributed by atoms with Crippen molar-refractivity contribution in [2.24, 2.45) is 0 Å². The predicted octanol–water partition coefficient (Wildman–Crippen LogP) is 11.6. The van der Waals surface area contributed by atoms with Crippen LogP contribution in [-0.2, 0) is 32.7 Å². The fourth-order valence-electron chi connectivity index (χ4n) is 5.59. The summed E-state index contributed by atoms with van der Waals surface area (Å²) in [5, 5.41) is 0. The van der Waals surface area contributed by atoms with E-state index in [2.05, 4.69) is 38.2 Å². The molecule has 0 aromatic heterocycles. The molecule has 306 valence electrons. The van der Waals surface area contributed by atoms with Crippen molar-refractivity contribution in [2.45, 2.75) is 187 Å². The van der Waals surface area contributed by atoms with Crippen LogP contribution in [-0.4, -0.2) is 74.9 Å². The molecule has 0 aliphatic heterocycles. The zero-order chi connectivity index (χ0) is 38.6. The molecule has 0 heterocycles. The van der Waals surface area contributed by atoms with Gasteiger partial charge in [-0.2, -0.15) is 0 Å². The third-order valence-electron chi connectivity index (χ3n) is 8.95. The van der Waals surface area contributed by atoms with Gasteiger partial charge >= 0.3 is 19.8 Å². The summed E-state index contributed by atoms with van der Waals surface area (Å²) in [6.45, 7) is 4.38. The van der Waals surface area contributed by atoms with E-state index in [0.29, 0.717) is 17.4 Å². The van der Waals surface area contributed by atoms with Crippen LogP contribution in [0.25, 0.3) is 0 Å². The van der Waals surface area contributed by atoms with Gasteiger partial charge in [0.25, 0.3) is 0 Å². The maximum Gasteiger partial charge on any atom is 0.472 e. The van der Waals surface area contributed by atoms with Crippen LogP contribution in [0.2, 0.25) is 0 Å². The van der Waals surface area contributed by atoms with Gasteiger partial charge < -0.3 is 18.9 Å². The van der Waals surface area contributed by atoms with Crippen LogP contribution in [0.4, 0.5) is 0 Å². The van der Waals surface area contributed by atoms with E-state index in [4.69, 9.17) is 18.5 Å². The molecule has 0 saturated heterocycles. The number of carbonyl (C=O) groups is 2. The number of ether oxygens (including phenoxy) is 2. The average Bonchev–Trinajstić information content (AvgIpc) is 3.09. The fraction of sp³-hybridized carbons (Fsp3) is 0.857. The molecule has 0 bridgehead atoms. The lowest BCUT2D eigenvalue weighted by atomic mass is 10.1. The second kappa shape index (κ2) is 35.2. The van der Waals surface area contributed by atoms with Crippen LogP contribution in [0.5, 0.6) is 0 Å². The maximum absolute atomic E-state index is 12.6. The van der Waals surface area contributed by atoms with Gasteiger partial charge in [-0.15, -0.1) is 0 Å². The normalized spacial score (nSPS) is 13.9. The molecule has 0 radical (unpaired) electrons. The van der Waals surface area contributed by atoms with Crippen LogP contribution >= 0.6 is 7.82 Å². The highest BCUT2D eigenvalue weighted by Gasteiger charge is 2.27. The highest BCUT2D eigenvalue weighted by atomic mass is 31.2. The van der Waals surface area contributed by atoms with Crippen molar-refractivity contribution < 1.29 is 42.1 Å². The number of likely N-dealkylation sites (N-methyl/N-ethyl adjacent to an activating group) is 1. The topological polar surface area (TPSA) is 108 Å². The Hall–Kier alpha value is -1.51. The Labute approximate surface area is 319 Å². The summed E-state index contributed by atoms with van der Waals surface area (Å²) in [6.07, 6.45) is 36.4. The first kappa shape index (κ1) is 50.5. The first-order valence-electron chi connectivity index (χ1n) is 21.1. The second-order valence-electron chi connectivity index (χ2n) is 15.4. The molecule has 0 amide bonds. The smallest absolute Gasteiger partial charge is 0.462 e. The molecule has 2 atom stereocenters. The Morgan fingerprint density at radius 3 is 1.42 bits per heavy atom. The largest absolute Gasteiger partial charge is 0.472 e. The van der Waals surface area contributed by atoms with E-state index < -0.39 is 26.5 Å². The molecule has 0 spiro atoms. The summed E-state index contributed by atoms with van der Waals surface area (Å²) >= 11 is 0. The van der Waals surface area contributed by atoms with Crippen molar-refractivity contribution in [1.29, 1.82) is 0 Å². The molecule has 0 fully saturated rings. The molecule has 10 heteroatoms. The minimum atomic E-state index is -4.37. The summed E-state index contributed by atoms with van der Waals surface area (Å²) in [6, 6.07) is 0. The zero-order valence-electron chi connectivity index (χ0n) is 34.3. The van der Waals surface area contributed by atoms with E-state index in [1.807, 2.05) is 21.1 Å². The number of rotatable bonds is 38. The molecule has 0 aliphatic rings. The highest BCUT2D eigenvalue weighted by molar-refractivity contribution is 7.47. The third kappa shape index (κ3) is 38.2. The van der Waals surface area contributed by atoms with Crippen molar-refractivity contribution in [2.75, 3.05) is 47.5 Å². The van der Waals surface area contributed by atoms with Crippen LogP contribution in [0, 0.1) is 0 Å². The molecule has 9 nitrogen and oxygen atoms in total. The van der Waals surface area contributed by atoms with Gasteiger partial charge in [-0.1, -0.05) is 128 Å². The minimum absolute atomic E-state index is 0.0304. The summed E-state index contributed by atoms with van der Waals surface area (Å²) < 4.78 is 34.2. The van der Waals surface area contributed by atoms with Gasteiger partial charge in [-0.3, -0.25) is 18.6 Å². The number of esters is 2. The molecule has 0 saturated carbocycles. The van der Waals surface area contributed by atoms with Gasteiger partial charge in [0.1, 0.15) is 19.8 Å². The molecule has 0 aliphatic carbocycles. The predicted molar refractivity (Wildman–Crippen MR) is 215 cm³/mol. The summed E-state index contributed by atoms with van der Waals surface area (Å²) in [4.78, 5) is 35.3. The molecule has 0 rings (SSSR count). The number of hydrogen-bond donors (Lipinski definition) is 1. The first-order chi connectivity index (χ1) is 25.0. The van der Waals surface area contributed by atoms with Gasteiger partial charge in [0, 0.05) is 12.8 Å². The van der Waals surface area contributed by atoms with Crippen molar-refractivity contribution in [1.82, 2.24) is 0 Å². The van der Waals surface area contributed by atoms with Gasteiger partial charge in [0.15, 0.2) is 6.10 Å². The average molecular weight is 759 g/mol. The number of quaternary nitrogens is 1. The number of unbranched alkanes of at least 4 members (excludes halogenated alkanes) is 20. The van der Waals surface area contributed by atoms with Gasteiger partial charge in [-0.05, 0) is 64.2 Å². The number of hydrogen-bond acceptors (Lipinski definition) is 7. The van der Waals surface area contributed by atoms with Crippen molar-refractivity contribution in [3.63, 3.8) is 0 Å². The lowest BCUT2D eigenvalue weighted by Crippen LogP contribution is -2.37. The molecule has 1 unspecified atom stereocenters. The fourth-order valence-corrected chi connectivity index (χ4v) is 6.33.